The summed E-state index contributed by atoms with van der Waals surface area (Å²) < 4.78 is 2.02. The molecule has 5 heteroatoms. The third-order valence-electron chi connectivity index (χ3n) is 5.44. The number of pyridine rings is 1. The molecule has 0 aliphatic rings. The number of benzene rings is 2. The highest BCUT2D eigenvalue weighted by atomic mass is 16.1. The van der Waals surface area contributed by atoms with Gasteiger partial charge < -0.3 is 5.32 Å². The molecule has 0 amide bonds. The number of rotatable bonds is 5. The molecular weight excluding hydrogens is 384 g/mol. The number of fused-ring (bicyclic) bond motifs is 1. The van der Waals surface area contributed by atoms with Crippen LogP contribution in [0.1, 0.15) is 27.2 Å². The third-order valence-corrected chi connectivity index (χ3v) is 5.44. The van der Waals surface area contributed by atoms with Crippen molar-refractivity contribution >= 4 is 17.1 Å². The minimum Gasteiger partial charge on any atom is -0.387 e. The Kier molecular flexibility index (Phi) is 5.14. The summed E-state index contributed by atoms with van der Waals surface area (Å²) in [5, 5.41) is 12.1. The second kappa shape index (κ2) is 7.92. The molecule has 0 atom stereocenters. The maximum absolute atomic E-state index is 11.9. The molecule has 0 radical (unpaired) electrons. The Bertz CT molecular complexity index is 1370. The molecule has 2 aromatic heterocycles. The molecule has 5 nitrogen and oxygen atoms in total. The van der Waals surface area contributed by atoms with E-state index >= 15 is 0 Å². The molecule has 0 fully saturated rings. The molecule has 2 heterocycles. The van der Waals surface area contributed by atoms with Gasteiger partial charge in [-0.25, -0.2) is 4.98 Å². The number of aromatic nitrogens is 2. The van der Waals surface area contributed by atoms with Crippen LogP contribution in [0, 0.1) is 25.2 Å². The first-order valence-electron chi connectivity index (χ1n) is 9.94. The fraction of sp³-hybridized carbons (Fsp3) is 0.115. The van der Waals surface area contributed by atoms with E-state index in [0.717, 1.165) is 45.0 Å². The number of hydrogen-bond acceptors (Lipinski definition) is 4. The molecule has 0 aliphatic heterocycles. The van der Waals surface area contributed by atoms with Gasteiger partial charge in [0.2, 0.25) is 0 Å². The van der Waals surface area contributed by atoms with Crippen molar-refractivity contribution in [1.29, 1.82) is 5.26 Å². The molecule has 4 rings (SSSR count). The van der Waals surface area contributed by atoms with Gasteiger partial charge in [0.25, 0.3) is 5.78 Å². The summed E-state index contributed by atoms with van der Waals surface area (Å²) in [6.45, 7) is 8.23. The molecule has 0 bridgehead atoms. The van der Waals surface area contributed by atoms with Gasteiger partial charge >= 0.3 is 0 Å². The predicted molar refractivity (Wildman–Crippen MR) is 124 cm³/mol. The molecule has 1 N–H and O–H groups in total. The fourth-order valence-electron chi connectivity index (χ4n) is 3.66. The Morgan fingerprint density at radius 2 is 1.77 bits per heavy atom. The molecule has 2 aromatic carbocycles. The highest BCUT2D eigenvalue weighted by molar-refractivity contribution is 6.08. The highest BCUT2D eigenvalue weighted by Gasteiger charge is 2.17. The van der Waals surface area contributed by atoms with E-state index in [1.807, 2.05) is 42.8 Å². The van der Waals surface area contributed by atoms with Crippen molar-refractivity contribution in [2.24, 2.45) is 0 Å². The van der Waals surface area contributed by atoms with Crippen molar-refractivity contribution in [3.05, 3.63) is 89.8 Å². The average molecular weight is 406 g/mol. The van der Waals surface area contributed by atoms with Crippen molar-refractivity contribution in [2.45, 2.75) is 13.8 Å². The molecular formula is C26H22N4O. The van der Waals surface area contributed by atoms with Gasteiger partial charge in [0.1, 0.15) is 11.7 Å². The van der Waals surface area contributed by atoms with E-state index < -0.39 is 5.78 Å². The molecule has 31 heavy (non-hydrogen) atoms. The SMILES string of the molecule is C=C(NC)c1c(-c2ccc(C)cc2)nc2ccc(-c3cc(C(=O)C#N)ccc3C)cn12. The summed E-state index contributed by atoms with van der Waals surface area (Å²) in [6.07, 6.45) is 2.00. The van der Waals surface area contributed by atoms with Gasteiger partial charge in [-0.15, -0.1) is 0 Å². The van der Waals surface area contributed by atoms with E-state index in [2.05, 4.69) is 43.1 Å². The lowest BCUT2D eigenvalue weighted by Gasteiger charge is -2.11. The van der Waals surface area contributed by atoms with E-state index in [1.165, 1.54) is 5.56 Å². The van der Waals surface area contributed by atoms with Crippen LogP contribution in [0.15, 0.2) is 67.4 Å². The molecule has 4 aromatic rings. The smallest absolute Gasteiger partial charge is 0.262 e. The number of nitrogens with one attached hydrogen (secondary N) is 1. The first-order valence-corrected chi connectivity index (χ1v) is 9.94. The van der Waals surface area contributed by atoms with Crippen LogP contribution in [0.4, 0.5) is 0 Å². The zero-order valence-electron chi connectivity index (χ0n) is 17.7. The van der Waals surface area contributed by atoms with E-state index in [0.29, 0.717) is 5.56 Å². The van der Waals surface area contributed by atoms with Crippen molar-refractivity contribution in [2.75, 3.05) is 7.05 Å². The number of carbonyl (C=O) groups is 1. The van der Waals surface area contributed by atoms with Gasteiger partial charge in [0, 0.05) is 24.4 Å². The minimum absolute atomic E-state index is 0.383. The number of nitriles is 1. The monoisotopic (exact) mass is 406 g/mol. The number of Topliss-reactive ketones (excluding diaryl/α,β-unsaturated/α-hetero) is 1. The second-order valence-corrected chi connectivity index (χ2v) is 7.52. The Morgan fingerprint density at radius 1 is 1.06 bits per heavy atom. The Balaban J connectivity index is 1.94. The van der Waals surface area contributed by atoms with Crippen LogP contribution in [0.25, 0.3) is 33.7 Å². The standard InChI is InChI=1S/C26H22N4O/c1-16-5-8-19(9-6-16)25-26(18(3)28-4)30-15-21(11-12-24(30)29-25)22-13-20(23(31)14-27)10-7-17(22)2/h5-13,15,28H,3H2,1-2,4H3. The van der Waals surface area contributed by atoms with Crippen LogP contribution in [0.5, 0.6) is 0 Å². The number of hydrogen-bond donors (Lipinski definition) is 1. The van der Waals surface area contributed by atoms with Crippen LogP contribution in [-0.2, 0) is 0 Å². The van der Waals surface area contributed by atoms with Crippen LogP contribution in [-0.4, -0.2) is 22.2 Å². The largest absolute Gasteiger partial charge is 0.387 e. The molecule has 152 valence electrons. The summed E-state index contributed by atoms with van der Waals surface area (Å²) in [4.78, 5) is 16.8. The van der Waals surface area contributed by atoms with Gasteiger partial charge in [-0.2, -0.15) is 5.26 Å². The van der Waals surface area contributed by atoms with Crippen LogP contribution in [0.2, 0.25) is 0 Å². The van der Waals surface area contributed by atoms with Gasteiger partial charge in [-0.05, 0) is 54.8 Å². The molecule has 0 spiro atoms. The summed E-state index contributed by atoms with van der Waals surface area (Å²) >= 11 is 0. The molecule has 0 aliphatic carbocycles. The first kappa shape index (κ1) is 20.1. The second-order valence-electron chi connectivity index (χ2n) is 7.52. The van der Waals surface area contributed by atoms with Gasteiger partial charge in [-0.3, -0.25) is 9.20 Å². The fourth-order valence-corrected chi connectivity index (χ4v) is 3.66. The molecule has 0 unspecified atom stereocenters. The number of ketones is 1. The topological polar surface area (TPSA) is 70.2 Å². The Hall–Kier alpha value is -4.17. The van der Waals surface area contributed by atoms with E-state index in [1.54, 1.807) is 18.2 Å². The lowest BCUT2D eigenvalue weighted by molar-refractivity contribution is 0.105. The van der Waals surface area contributed by atoms with Gasteiger partial charge in [0.05, 0.1) is 17.1 Å². The van der Waals surface area contributed by atoms with Crippen molar-refractivity contribution < 1.29 is 4.79 Å². The highest BCUT2D eigenvalue weighted by Crippen LogP contribution is 2.31. The Labute approximate surface area is 181 Å². The number of nitrogens with zero attached hydrogens (tertiary/aromatic N) is 3. The first-order chi connectivity index (χ1) is 14.9. The Morgan fingerprint density at radius 3 is 2.45 bits per heavy atom. The quantitative estimate of drug-likeness (QED) is 0.366. The summed E-state index contributed by atoms with van der Waals surface area (Å²) in [5.74, 6) is -0.545. The van der Waals surface area contributed by atoms with Crippen LogP contribution < -0.4 is 5.32 Å². The van der Waals surface area contributed by atoms with E-state index in [-0.39, 0.29) is 0 Å². The van der Waals surface area contributed by atoms with Crippen molar-refractivity contribution in [3.8, 4) is 28.5 Å². The van der Waals surface area contributed by atoms with Crippen LogP contribution in [0.3, 0.4) is 0 Å². The maximum Gasteiger partial charge on any atom is 0.262 e. The van der Waals surface area contributed by atoms with Crippen molar-refractivity contribution in [3.63, 3.8) is 0 Å². The third kappa shape index (κ3) is 3.60. The predicted octanol–water partition coefficient (Wildman–Crippen LogP) is 5.18. The molecule has 0 saturated heterocycles. The van der Waals surface area contributed by atoms with Crippen LogP contribution >= 0.6 is 0 Å². The maximum atomic E-state index is 11.9. The minimum atomic E-state index is -0.545. The average Bonchev–Trinajstić information content (AvgIpc) is 3.17. The normalized spacial score (nSPS) is 10.6. The number of aryl methyl sites for hydroxylation is 2. The number of imidazole rings is 1. The van der Waals surface area contributed by atoms with E-state index in [4.69, 9.17) is 10.2 Å². The summed E-state index contributed by atoms with van der Waals surface area (Å²) in [6, 6.07) is 19.2. The van der Waals surface area contributed by atoms with E-state index in [9.17, 15) is 4.79 Å². The van der Waals surface area contributed by atoms with Gasteiger partial charge in [-0.1, -0.05) is 42.5 Å². The summed E-state index contributed by atoms with van der Waals surface area (Å²) in [7, 11) is 1.84. The molecule has 0 saturated carbocycles. The zero-order valence-corrected chi connectivity index (χ0v) is 17.7. The lowest BCUT2D eigenvalue weighted by Crippen LogP contribution is -2.07. The summed E-state index contributed by atoms with van der Waals surface area (Å²) in [5.41, 5.74) is 8.71. The van der Waals surface area contributed by atoms with Gasteiger partial charge in [0.15, 0.2) is 0 Å². The number of carbonyl (C=O) groups excluding carboxylic acids is 1. The lowest BCUT2D eigenvalue weighted by atomic mass is 9.98. The zero-order chi connectivity index (χ0) is 22.1. The van der Waals surface area contributed by atoms with Crippen molar-refractivity contribution in [1.82, 2.24) is 14.7 Å².